The van der Waals surface area contributed by atoms with Gasteiger partial charge in [-0.3, -0.25) is 9.78 Å². The third kappa shape index (κ3) is 4.27. The fraction of sp³-hybridized carbons (Fsp3) is 0. The van der Waals surface area contributed by atoms with Crippen molar-refractivity contribution in [3.8, 4) is 22.8 Å². The Labute approximate surface area is 207 Å². The largest absolute Gasteiger partial charge is 0.434 e. The van der Waals surface area contributed by atoms with Crippen LogP contribution in [0.2, 0.25) is 10.0 Å². The number of aromatic amines is 1. The number of pyridine rings is 1. The average Bonchev–Trinajstić information content (AvgIpc) is 2.84. The quantitative estimate of drug-likeness (QED) is 0.374. The number of nitrogens with two attached hydrogens (primary N) is 1. The minimum atomic E-state index is -0.581. The fourth-order valence-corrected chi connectivity index (χ4v) is 3.96. The number of hydrogen-bond acceptors (Lipinski definition) is 7. The number of nitrogens with zero attached hydrogens (tertiary/aromatic N) is 4. The van der Waals surface area contributed by atoms with E-state index in [1.807, 2.05) is 24.3 Å². The van der Waals surface area contributed by atoms with Crippen molar-refractivity contribution >= 4 is 51.7 Å². The summed E-state index contributed by atoms with van der Waals surface area (Å²) in [7, 11) is 0. The number of carbonyl (C=O) groups is 1. The number of amidine groups is 1. The Morgan fingerprint density at radius 1 is 1.06 bits per heavy atom. The first-order valence-corrected chi connectivity index (χ1v) is 10.8. The van der Waals surface area contributed by atoms with E-state index in [9.17, 15) is 9.59 Å². The number of ether oxygens (including phenoxy) is 1. The Balaban J connectivity index is 1.48. The first-order chi connectivity index (χ1) is 16.8. The van der Waals surface area contributed by atoms with Gasteiger partial charge in [0.1, 0.15) is 0 Å². The summed E-state index contributed by atoms with van der Waals surface area (Å²) in [6, 6.07) is 12.9. The fourth-order valence-electron chi connectivity index (χ4n) is 3.40. The monoisotopic (exact) mass is 507 g/mol. The number of urea groups is 1. The molecule has 2 amide bonds. The molecule has 4 aromatic rings. The molecule has 0 spiro atoms. The summed E-state index contributed by atoms with van der Waals surface area (Å²) in [6.45, 7) is 3.60. The molecule has 174 valence electrons. The summed E-state index contributed by atoms with van der Waals surface area (Å²) in [6.07, 6.45) is 1.70. The molecule has 0 aliphatic carbocycles. The molecule has 1 aliphatic rings. The minimum Gasteiger partial charge on any atom is -0.434 e. The number of halogens is 2. The van der Waals surface area contributed by atoms with E-state index in [0.29, 0.717) is 11.1 Å². The van der Waals surface area contributed by atoms with E-state index in [1.54, 1.807) is 12.3 Å². The van der Waals surface area contributed by atoms with Crippen molar-refractivity contribution < 1.29 is 9.53 Å². The predicted octanol–water partition coefficient (Wildman–Crippen LogP) is 4.40. The van der Waals surface area contributed by atoms with Crippen molar-refractivity contribution in [1.82, 2.24) is 20.5 Å². The van der Waals surface area contributed by atoms with Gasteiger partial charge in [-0.05, 0) is 35.9 Å². The maximum absolute atomic E-state index is 12.5. The normalized spacial score (nSPS) is 13.5. The number of hydrazone groups is 1. The number of anilines is 1. The lowest BCUT2D eigenvalue weighted by Gasteiger charge is -2.24. The van der Waals surface area contributed by atoms with Gasteiger partial charge in [-0.15, -0.1) is 10.2 Å². The lowest BCUT2D eigenvalue weighted by atomic mass is 10.1. The van der Waals surface area contributed by atoms with Crippen molar-refractivity contribution in [3.05, 3.63) is 87.4 Å². The van der Waals surface area contributed by atoms with Crippen LogP contribution in [0, 0.1) is 0 Å². The number of fused-ring (bicyclic) bond motifs is 1. The van der Waals surface area contributed by atoms with Crippen LogP contribution in [0.1, 0.15) is 0 Å². The molecule has 0 atom stereocenters. The van der Waals surface area contributed by atoms with Crippen LogP contribution in [-0.4, -0.2) is 27.0 Å². The Bertz CT molecular complexity index is 1590. The molecule has 0 saturated carbocycles. The first kappa shape index (κ1) is 22.4. The SMILES string of the molecule is C=C1NC(=O)N(c2cc(Cl)c(Oc3cc(-c4ccc5ncccc5c4)c(=O)[nH]n3)c(Cl)c2)N=C1N. The van der Waals surface area contributed by atoms with Crippen LogP contribution < -0.4 is 26.4 Å². The van der Waals surface area contributed by atoms with Crippen LogP contribution in [-0.2, 0) is 0 Å². The smallest absolute Gasteiger partial charge is 0.347 e. The highest BCUT2D eigenvalue weighted by molar-refractivity contribution is 6.37. The zero-order valence-corrected chi connectivity index (χ0v) is 19.3. The maximum Gasteiger partial charge on any atom is 0.347 e. The van der Waals surface area contributed by atoms with E-state index >= 15 is 0 Å². The molecule has 0 saturated heterocycles. The molecule has 2 aromatic carbocycles. The molecule has 10 nitrogen and oxygen atoms in total. The number of aromatic nitrogens is 3. The zero-order valence-electron chi connectivity index (χ0n) is 17.8. The number of carbonyl (C=O) groups excluding carboxylic acids is 1. The van der Waals surface area contributed by atoms with Crippen LogP contribution in [0.4, 0.5) is 10.5 Å². The van der Waals surface area contributed by atoms with Crippen molar-refractivity contribution in [2.45, 2.75) is 0 Å². The van der Waals surface area contributed by atoms with Gasteiger partial charge in [0.05, 0.1) is 32.5 Å². The van der Waals surface area contributed by atoms with Crippen molar-refractivity contribution in [2.75, 3.05) is 5.01 Å². The van der Waals surface area contributed by atoms with Crippen molar-refractivity contribution in [3.63, 3.8) is 0 Å². The van der Waals surface area contributed by atoms with E-state index in [-0.39, 0.29) is 38.9 Å². The number of hydrogen-bond donors (Lipinski definition) is 3. The molecule has 1 aliphatic heterocycles. The van der Waals surface area contributed by atoms with Gasteiger partial charge in [-0.25, -0.2) is 9.89 Å². The third-order valence-corrected chi connectivity index (χ3v) is 5.66. The molecule has 35 heavy (non-hydrogen) atoms. The van der Waals surface area contributed by atoms with Crippen LogP contribution in [0.15, 0.2) is 76.9 Å². The van der Waals surface area contributed by atoms with Gasteiger partial charge in [0.2, 0.25) is 5.88 Å². The highest BCUT2D eigenvalue weighted by atomic mass is 35.5. The lowest BCUT2D eigenvalue weighted by Crippen LogP contribution is -2.45. The van der Waals surface area contributed by atoms with Gasteiger partial charge < -0.3 is 15.8 Å². The summed E-state index contributed by atoms with van der Waals surface area (Å²) in [5.41, 5.74) is 7.56. The van der Waals surface area contributed by atoms with Crippen LogP contribution in [0.5, 0.6) is 11.6 Å². The molecule has 0 radical (unpaired) electrons. The van der Waals surface area contributed by atoms with Crippen LogP contribution in [0.25, 0.3) is 22.0 Å². The van der Waals surface area contributed by atoms with Gasteiger partial charge >= 0.3 is 6.03 Å². The summed E-state index contributed by atoms with van der Waals surface area (Å²) in [4.78, 5) is 29.0. The molecule has 2 aromatic heterocycles. The zero-order chi connectivity index (χ0) is 24.7. The summed E-state index contributed by atoms with van der Waals surface area (Å²) >= 11 is 12.8. The maximum atomic E-state index is 12.5. The average molecular weight is 508 g/mol. The molecule has 3 heterocycles. The number of nitrogens with one attached hydrogen (secondary N) is 2. The second-order valence-corrected chi connectivity index (χ2v) is 8.22. The van der Waals surface area contributed by atoms with Gasteiger partial charge in [-0.2, -0.15) is 5.01 Å². The Kier molecular flexibility index (Phi) is 5.59. The topological polar surface area (TPSA) is 139 Å². The highest BCUT2D eigenvalue weighted by Crippen LogP contribution is 2.40. The lowest BCUT2D eigenvalue weighted by molar-refractivity contribution is 0.248. The summed E-state index contributed by atoms with van der Waals surface area (Å²) < 4.78 is 5.80. The van der Waals surface area contributed by atoms with Gasteiger partial charge in [0, 0.05) is 17.6 Å². The molecule has 0 unspecified atom stereocenters. The van der Waals surface area contributed by atoms with E-state index in [0.717, 1.165) is 15.9 Å². The standard InChI is InChI=1S/C23H15Cl2N7O3/c1-11-21(26)31-32(23(34)28-11)14-8-16(24)20(17(25)9-14)35-19-10-15(22(33)30-29-19)12-4-5-18-13(7-12)3-2-6-27-18/h2-10H,1H2,(H2,26,31)(H,28,34)(H,30,33). The second-order valence-electron chi connectivity index (χ2n) is 7.41. The summed E-state index contributed by atoms with van der Waals surface area (Å²) in [5, 5.41) is 14.8. The number of H-pyrrole nitrogens is 1. The first-order valence-electron chi connectivity index (χ1n) is 10.1. The second kappa shape index (κ2) is 8.75. The van der Waals surface area contributed by atoms with E-state index < -0.39 is 11.6 Å². The molecule has 4 N–H and O–H groups in total. The number of rotatable bonds is 4. The van der Waals surface area contributed by atoms with Crippen LogP contribution >= 0.6 is 23.2 Å². The molecular weight excluding hydrogens is 493 g/mol. The molecule has 5 rings (SSSR count). The summed E-state index contributed by atoms with van der Waals surface area (Å²) in [5.74, 6) is 0.160. The van der Waals surface area contributed by atoms with E-state index in [2.05, 4.69) is 32.2 Å². The van der Waals surface area contributed by atoms with Crippen molar-refractivity contribution in [1.29, 1.82) is 0 Å². The van der Waals surface area contributed by atoms with Gasteiger partial charge in [-0.1, -0.05) is 41.9 Å². The third-order valence-electron chi connectivity index (χ3n) is 5.10. The Morgan fingerprint density at radius 3 is 2.60 bits per heavy atom. The van der Waals surface area contributed by atoms with Crippen LogP contribution in [0.3, 0.4) is 0 Å². The minimum absolute atomic E-state index is 0.0339. The molecule has 12 heteroatoms. The predicted molar refractivity (Wildman–Crippen MR) is 134 cm³/mol. The molecule has 0 bridgehead atoms. The Morgan fingerprint density at radius 2 is 1.83 bits per heavy atom. The molecule has 0 fully saturated rings. The van der Waals surface area contributed by atoms with Crippen molar-refractivity contribution in [2.24, 2.45) is 10.8 Å². The van der Waals surface area contributed by atoms with Gasteiger partial charge in [0.15, 0.2) is 11.6 Å². The number of benzene rings is 2. The highest BCUT2D eigenvalue weighted by Gasteiger charge is 2.25. The molecular formula is C23H15Cl2N7O3. The number of amides is 2. The van der Waals surface area contributed by atoms with E-state index in [1.165, 1.54) is 18.2 Å². The van der Waals surface area contributed by atoms with E-state index in [4.69, 9.17) is 33.7 Å². The van der Waals surface area contributed by atoms with Gasteiger partial charge in [0.25, 0.3) is 5.56 Å². The Hall–Kier alpha value is -4.41.